The average Bonchev–Trinajstić information content (AvgIpc) is 3.25. The fourth-order valence-corrected chi connectivity index (χ4v) is 3.54. The zero-order chi connectivity index (χ0) is 22.9. The van der Waals surface area contributed by atoms with Crippen molar-refractivity contribution < 1.29 is 0 Å². The van der Waals surface area contributed by atoms with E-state index in [0.29, 0.717) is 46.1 Å². The lowest BCUT2D eigenvalue weighted by molar-refractivity contribution is 0.708. The predicted molar refractivity (Wildman–Crippen MR) is 121 cm³/mol. The van der Waals surface area contributed by atoms with E-state index in [9.17, 15) is 10.1 Å². The maximum Gasteiger partial charge on any atom is 0.266 e. The van der Waals surface area contributed by atoms with Crippen LogP contribution in [0.3, 0.4) is 0 Å². The van der Waals surface area contributed by atoms with Crippen LogP contribution < -0.4 is 11.3 Å². The summed E-state index contributed by atoms with van der Waals surface area (Å²) in [6.07, 6.45) is 2.11. The van der Waals surface area contributed by atoms with E-state index in [4.69, 9.17) is 5.73 Å². The fraction of sp³-hybridized carbons (Fsp3) is 0.0870. The first kappa shape index (κ1) is 20.0. The number of hydrogen-bond donors (Lipinski definition) is 1. The van der Waals surface area contributed by atoms with Gasteiger partial charge in [-0.2, -0.15) is 15.5 Å². The number of fused-ring (bicyclic) bond motifs is 1. The van der Waals surface area contributed by atoms with Crippen molar-refractivity contribution >= 4 is 11.5 Å². The second-order valence-corrected chi connectivity index (χ2v) is 7.33. The van der Waals surface area contributed by atoms with E-state index in [2.05, 4.69) is 31.2 Å². The Bertz CT molecular complexity index is 1600. The molecular weight excluding hydrogens is 418 g/mol. The van der Waals surface area contributed by atoms with Crippen LogP contribution in [-0.2, 0) is 13.5 Å². The maximum atomic E-state index is 12.0. The second-order valence-electron chi connectivity index (χ2n) is 7.33. The molecular formula is C23H17N9O. The Morgan fingerprint density at radius 2 is 1.94 bits per heavy atom. The number of pyridine rings is 1. The van der Waals surface area contributed by atoms with Crippen LogP contribution in [0.2, 0.25) is 0 Å². The van der Waals surface area contributed by atoms with Gasteiger partial charge in [0.05, 0.1) is 18.1 Å². The normalized spacial score (nSPS) is 10.9. The SMILES string of the molecule is Cn1nc(-c2c(-c3cccc(C#N)c3)nc(N)c3nc(Cc4ccccn4)nn23)ccc1=O. The smallest absolute Gasteiger partial charge is 0.266 e. The van der Waals surface area contributed by atoms with Gasteiger partial charge in [0.2, 0.25) is 0 Å². The van der Waals surface area contributed by atoms with Crippen LogP contribution >= 0.6 is 0 Å². The molecule has 5 aromatic rings. The molecule has 2 N–H and O–H groups in total. The van der Waals surface area contributed by atoms with Gasteiger partial charge >= 0.3 is 0 Å². The molecule has 5 rings (SSSR count). The zero-order valence-electron chi connectivity index (χ0n) is 17.5. The number of rotatable bonds is 4. The van der Waals surface area contributed by atoms with E-state index in [1.165, 1.54) is 10.7 Å². The van der Waals surface area contributed by atoms with Gasteiger partial charge in [0, 0.05) is 30.6 Å². The number of benzene rings is 1. The van der Waals surface area contributed by atoms with Gasteiger partial charge < -0.3 is 5.73 Å². The van der Waals surface area contributed by atoms with E-state index in [1.807, 2.05) is 24.3 Å². The van der Waals surface area contributed by atoms with Crippen molar-refractivity contribution in [2.45, 2.75) is 6.42 Å². The lowest BCUT2D eigenvalue weighted by atomic mass is 10.0. The van der Waals surface area contributed by atoms with E-state index in [0.717, 1.165) is 5.69 Å². The van der Waals surface area contributed by atoms with Gasteiger partial charge in [-0.25, -0.2) is 19.2 Å². The molecule has 33 heavy (non-hydrogen) atoms. The second kappa shape index (κ2) is 7.97. The van der Waals surface area contributed by atoms with Crippen LogP contribution in [0, 0.1) is 11.3 Å². The lowest BCUT2D eigenvalue weighted by Crippen LogP contribution is -2.19. The van der Waals surface area contributed by atoms with Crippen LogP contribution in [0.5, 0.6) is 0 Å². The van der Waals surface area contributed by atoms with Crippen molar-refractivity contribution in [2.24, 2.45) is 7.05 Å². The Morgan fingerprint density at radius 1 is 1.06 bits per heavy atom. The van der Waals surface area contributed by atoms with Gasteiger partial charge in [-0.05, 0) is 30.3 Å². The van der Waals surface area contributed by atoms with E-state index in [1.54, 1.807) is 42.0 Å². The first-order chi connectivity index (χ1) is 16.0. The third-order valence-corrected chi connectivity index (χ3v) is 5.08. The summed E-state index contributed by atoms with van der Waals surface area (Å²) in [7, 11) is 1.57. The van der Waals surface area contributed by atoms with Crippen molar-refractivity contribution in [3.8, 4) is 28.7 Å². The maximum absolute atomic E-state index is 12.0. The molecule has 160 valence electrons. The number of anilines is 1. The summed E-state index contributed by atoms with van der Waals surface area (Å²) < 4.78 is 2.82. The Morgan fingerprint density at radius 3 is 2.70 bits per heavy atom. The third-order valence-electron chi connectivity index (χ3n) is 5.08. The molecule has 1 aromatic carbocycles. The predicted octanol–water partition coefficient (Wildman–Crippen LogP) is 1.99. The molecule has 10 heteroatoms. The van der Waals surface area contributed by atoms with Crippen molar-refractivity contribution in [2.75, 3.05) is 5.73 Å². The van der Waals surface area contributed by atoms with Crippen molar-refractivity contribution in [3.63, 3.8) is 0 Å². The molecule has 0 amide bonds. The summed E-state index contributed by atoms with van der Waals surface area (Å²) in [5.41, 5.74) is 9.78. The minimum Gasteiger partial charge on any atom is -0.381 e. The molecule has 0 fully saturated rings. The van der Waals surface area contributed by atoms with Gasteiger partial charge in [-0.3, -0.25) is 9.78 Å². The molecule has 0 aliphatic rings. The largest absolute Gasteiger partial charge is 0.381 e. The molecule has 10 nitrogen and oxygen atoms in total. The van der Waals surface area contributed by atoms with E-state index >= 15 is 0 Å². The monoisotopic (exact) mass is 435 g/mol. The molecule has 4 aromatic heterocycles. The molecule has 0 spiro atoms. The highest BCUT2D eigenvalue weighted by molar-refractivity contribution is 5.81. The van der Waals surface area contributed by atoms with Gasteiger partial charge in [0.25, 0.3) is 5.56 Å². The highest BCUT2D eigenvalue weighted by atomic mass is 16.1. The van der Waals surface area contributed by atoms with Crippen LogP contribution in [0.1, 0.15) is 17.1 Å². The van der Waals surface area contributed by atoms with E-state index < -0.39 is 0 Å². The molecule has 0 saturated heterocycles. The number of nitrogen functional groups attached to an aromatic ring is 1. The first-order valence-corrected chi connectivity index (χ1v) is 10.0. The Kier molecular flexibility index (Phi) is 4.84. The van der Waals surface area contributed by atoms with Gasteiger partial charge in [-0.1, -0.05) is 18.2 Å². The molecule has 0 atom stereocenters. The van der Waals surface area contributed by atoms with Crippen LogP contribution in [0.4, 0.5) is 5.82 Å². The van der Waals surface area contributed by atoms with Gasteiger partial charge in [-0.15, -0.1) is 0 Å². The van der Waals surface area contributed by atoms with Crippen molar-refractivity contribution in [1.29, 1.82) is 5.26 Å². The summed E-state index contributed by atoms with van der Waals surface area (Å²) >= 11 is 0. The summed E-state index contributed by atoms with van der Waals surface area (Å²) in [4.78, 5) is 25.5. The Balaban J connectivity index is 1.79. The molecule has 0 bridgehead atoms. The van der Waals surface area contributed by atoms with E-state index in [-0.39, 0.29) is 11.4 Å². The van der Waals surface area contributed by atoms with Crippen molar-refractivity contribution in [1.82, 2.24) is 34.3 Å². The number of aryl methyl sites for hydroxylation is 1. The van der Waals surface area contributed by atoms with Crippen LogP contribution in [-0.4, -0.2) is 34.3 Å². The van der Waals surface area contributed by atoms with Crippen LogP contribution in [0.25, 0.3) is 28.3 Å². The topological polar surface area (TPSA) is 141 Å². The van der Waals surface area contributed by atoms with Gasteiger partial charge in [0.15, 0.2) is 17.3 Å². The standard InChI is InChI=1S/C23H17N9O/c1-31-19(33)9-8-17(29-31)21-20(15-6-4-5-14(11-15)13-24)28-22(25)23-27-18(30-32(21)23)12-16-7-2-3-10-26-16/h2-11H,12H2,1H3,(H2,25,28). The third kappa shape index (κ3) is 3.68. The number of nitrogens with zero attached hydrogens (tertiary/aromatic N) is 8. The lowest BCUT2D eigenvalue weighted by Gasteiger charge is -2.12. The minimum absolute atomic E-state index is 0.181. The zero-order valence-corrected chi connectivity index (χ0v) is 17.5. The van der Waals surface area contributed by atoms with Gasteiger partial charge in [0.1, 0.15) is 17.1 Å². The quantitative estimate of drug-likeness (QED) is 0.452. The number of nitriles is 1. The highest BCUT2D eigenvalue weighted by Crippen LogP contribution is 2.32. The molecule has 0 saturated carbocycles. The molecule has 0 aliphatic carbocycles. The Labute approximate surface area is 187 Å². The summed E-state index contributed by atoms with van der Waals surface area (Å²) in [5, 5.41) is 18.4. The summed E-state index contributed by atoms with van der Waals surface area (Å²) in [6.45, 7) is 0. The van der Waals surface area contributed by atoms with Crippen LogP contribution in [0.15, 0.2) is 65.6 Å². The molecule has 4 heterocycles. The van der Waals surface area contributed by atoms with Crippen molar-refractivity contribution in [3.05, 3.63) is 88.2 Å². The Hall–Kier alpha value is -4.91. The molecule has 0 aliphatic heterocycles. The minimum atomic E-state index is -0.249. The summed E-state index contributed by atoms with van der Waals surface area (Å²) in [5.74, 6) is 0.692. The summed E-state index contributed by atoms with van der Waals surface area (Å²) in [6, 6.07) is 17.8. The number of aromatic nitrogens is 7. The fourth-order valence-electron chi connectivity index (χ4n) is 3.54. The average molecular weight is 435 g/mol. The number of hydrogen-bond acceptors (Lipinski definition) is 8. The first-order valence-electron chi connectivity index (χ1n) is 10.0. The number of nitrogens with two attached hydrogens (primary N) is 1. The molecule has 0 unspecified atom stereocenters. The molecule has 0 radical (unpaired) electrons. The highest BCUT2D eigenvalue weighted by Gasteiger charge is 2.21.